The predicted molar refractivity (Wildman–Crippen MR) is 82.6 cm³/mol. The lowest BCUT2D eigenvalue weighted by atomic mass is 9.85. The van der Waals surface area contributed by atoms with Gasteiger partial charge in [-0.2, -0.15) is 0 Å². The molecule has 1 N–H and O–H groups in total. The lowest BCUT2D eigenvalue weighted by Gasteiger charge is -2.33. The van der Waals surface area contributed by atoms with Gasteiger partial charge in [-0.05, 0) is 38.8 Å². The Bertz CT molecular complexity index is 382. The summed E-state index contributed by atoms with van der Waals surface area (Å²) in [5.41, 5.74) is 1.72. The largest absolute Gasteiger partial charge is 0.316 e. The Balaban J connectivity index is 1.89. The van der Waals surface area contributed by atoms with Crippen molar-refractivity contribution in [3.8, 4) is 0 Å². The second-order valence-corrected chi connectivity index (χ2v) is 7.08. The molecule has 1 fully saturated rings. The molecular weight excluding hydrogens is 254 g/mol. The fourth-order valence-electron chi connectivity index (χ4n) is 3.29. The lowest BCUT2D eigenvalue weighted by molar-refractivity contribution is 0.167. The predicted octanol–water partition coefficient (Wildman–Crippen LogP) is 3.05. The molecule has 1 aliphatic rings. The minimum Gasteiger partial charge on any atom is -0.316 e. The SMILES string of the molecule is CCNCC1(CN(C)Cc2csc(C)n2)CCCC1. The molecule has 1 aliphatic carbocycles. The summed E-state index contributed by atoms with van der Waals surface area (Å²) in [4.78, 5) is 7.03. The Labute approximate surface area is 121 Å². The summed E-state index contributed by atoms with van der Waals surface area (Å²) >= 11 is 1.75. The van der Waals surface area contributed by atoms with Gasteiger partial charge in [-0.15, -0.1) is 11.3 Å². The minimum atomic E-state index is 0.496. The van der Waals surface area contributed by atoms with Gasteiger partial charge in [0.2, 0.25) is 0 Å². The standard InChI is InChI=1S/C15H27N3S/c1-4-16-11-15(7-5-6-8-15)12-18(3)9-14-10-19-13(2)17-14/h10,16H,4-9,11-12H2,1-3H3. The summed E-state index contributed by atoms with van der Waals surface area (Å²) in [7, 11) is 2.24. The van der Waals surface area contributed by atoms with E-state index < -0.39 is 0 Å². The van der Waals surface area contributed by atoms with Crippen LogP contribution in [0.15, 0.2) is 5.38 Å². The Morgan fingerprint density at radius 2 is 2.16 bits per heavy atom. The van der Waals surface area contributed by atoms with E-state index >= 15 is 0 Å². The number of rotatable bonds is 7. The van der Waals surface area contributed by atoms with Gasteiger partial charge in [0.1, 0.15) is 0 Å². The van der Waals surface area contributed by atoms with Gasteiger partial charge in [0.25, 0.3) is 0 Å². The summed E-state index contributed by atoms with van der Waals surface area (Å²) in [5.74, 6) is 0. The molecule has 0 aromatic carbocycles. The van der Waals surface area contributed by atoms with Crippen LogP contribution in [-0.4, -0.2) is 36.6 Å². The zero-order valence-corrected chi connectivity index (χ0v) is 13.4. The van der Waals surface area contributed by atoms with E-state index in [1.807, 2.05) is 0 Å². The van der Waals surface area contributed by atoms with E-state index in [-0.39, 0.29) is 0 Å². The molecule has 1 saturated carbocycles. The normalized spacial score (nSPS) is 18.3. The zero-order chi connectivity index (χ0) is 13.7. The van der Waals surface area contributed by atoms with E-state index in [2.05, 4.69) is 41.5 Å². The highest BCUT2D eigenvalue weighted by molar-refractivity contribution is 7.09. The highest BCUT2D eigenvalue weighted by atomic mass is 32.1. The van der Waals surface area contributed by atoms with Crippen molar-refractivity contribution < 1.29 is 0 Å². The topological polar surface area (TPSA) is 28.2 Å². The van der Waals surface area contributed by atoms with E-state index in [4.69, 9.17) is 0 Å². The van der Waals surface area contributed by atoms with Crippen LogP contribution in [0, 0.1) is 12.3 Å². The highest BCUT2D eigenvalue weighted by Crippen LogP contribution is 2.38. The third kappa shape index (κ3) is 4.26. The summed E-state index contributed by atoms with van der Waals surface area (Å²) in [6.07, 6.45) is 5.55. The Kier molecular flexibility index (Phi) is 5.37. The van der Waals surface area contributed by atoms with Crippen molar-refractivity contribution >= 4 is 11.3 Å². The number of hydrogen-bond donors (Lipinski definition) is 1. The van der Waals surface area contributed by atoms with E-state index in [1.54, 1.807) is 11.3 Å². The van der Waals surface area contributed by atoms with Crippen LogP contribution in [0.3, 0.4) is 0 Å². The molecular formula is C15H27N3S. The van der Waals surface area contributed by atoms with Crippen LogP contribution >= 0.6 is 11.3 Å². The molecule has 0 atom stereocenters. The number of nitrogens with one attached hydrogen (secondary N) is 1. The molecule has 1 aromatic heterocycles. The van der Waals surface area contributed by atoms with Crippen LogP contribution in [0.2, 0.25) is 0 Å². The number of aryl methyl sites for hydroxylation is 1. The van der Waals surface area contributed by atoms with Crippen molar-refractivity contribution in [1.29, 1.82) is 0 Å². The third-order valence-corrected chi connectivity index (χ3v) is 4.94. The third-order valence-electron chi connectivity index (χ3n) is 4.12. The van der Waals surface area contributed by atoms with Crippen molar-refractivity contribution in [2.75, 3.05) is 26.7 Å². The number of thiazole rings is 1. The van der Waals surface area contributed by atoms with Crippen molar-refractivity contribution in [2.24, 2.45) is 5.41 Å². The van der Waals surface area contributed by atoms with Gasteiger partial charge >= 0.3 is 0 Å². The minimum absolute atomic E-state index is 0.496. The van der Waals surface area contributed by atoms with Crippen molar-refractivity contribution in [2.45, 2.75) is 46.1 Å². The molecule has 1 heterocycles. The van der Waals surface area contributed by atoms with Crippen LogP contribution < -0.4 is 5.32 Å². The van der Waals surface area contributed by atoms with Crippen LogP contribution in [0.5, 0.6) is 0 Å². The van der Waals surface area contributed by atoms with E-state index in [0.717, 1.165) is 13.1 Å². The average molecular weight is 281 g/mol. The molecule has 4 heteroatoms. The van der Waals surface area contributed by atoms with E-state index in [9.17, 15) is 0 Å². The van der Waals surface area contributed by atoms with Gasteiger partial charge in [0.15, 0.2) is 0 Å². The fourth-order valence-corrected chi connectivity index (χ4v) is 3.90. The van der Waals surface area contributed by atoms with Crippen molar-refractivity contribution in [1.82, 2.24) is 15.2 Å². The molecule has 3 nitrogen and oxygen atoms in total. The molecule has 19 heavy (non-hydrogen) atoms. The molecule has 1 aromatic rings. The summed E-state index contributed by atoms with van der Waals surface area (Å²) < 4.78 is 0. The summed E-state index contributed by atoms with van der Waals surface area (Å²) in [6, 6.07) is 0. The Hall–Kier alpha value is -0.450. The van der Waals surface area contributed by atoms with Crippen LogP contribution in [0.1, 0.15) is 43.3 Å². The second kappa shape index (κ2) is 6.82. The summed E-state index contributed by atoms with van der Waals surface area (Å²) in [5, 5.41) is 6.93. The van der Waals surface area contributed by atoms with Crippen molar-refractivity contribution in [3.63, 3.8) is 0 Å². The van der Waals surface area contributed by atoms with Crippen LogP contribution in [-0.2, 0) is 6.54 Å². The van der Waals surface area contributed by atoms with Gasteiger partial charge in [0.05, 0.1) is 10.7 Å². The Morgan fingerprint density at radius 3 is 2.74 bits per heavy atom. The first-order valence-corrected chi connectivity index (χ1v) is 8.32. The molecule has 0 bridgehead atoms. The van der Waals surface area contributed by atoms with Gasteiger partial charge in [-0.25, -0.2) is 4.98 Å². The molecule has 0 saturated heterocycles. The molecule has 0 spiro atoms. The summed E-state index contributed by atoms with van der Waals surface area (Å²) in [6.45, 7) is 8.71. The molecule has 0 amide bonds. The molecule has 0 aliphatic heterocycles. The quantitative estimate of drug-likeness (QED) is 0.832. The maximum Gasteiger partial charge on any atom is 0.0897 e. The number of aromatic nitrogens is 1. The second-order valence-electron chi connectivity index (χ2n) is 6.02. The Morgan fingerprint density at radius 1 is 1.42 bits per heavy atom. The van der Waals surface area contributed by atoms with Crippen molar-refractivity contribution in [3.05, 3.63) is 16.1 Å². The average Bonchev–Trinajstić information content (AvgIpc) is 2.97. The first-order chi connectivity index (χ1) is 9.13. The molecule has 108 valence electrons. The molecule has 2 rings (SSSR count). The number of hydrogen-bond acceptors (Lipinski definition) is 4. The van der Waals surface area contributed by atoms with Gasteiger partial charge in [0, 0.05) is 25.0 Å². The monoisotopic (exact) mass is 281 g/mol. The first kappa shape index (κ1) is 14.9. The fraction of sp³-hybridized carbons (Fsp3) is 0.800. The van der Waals surface area contributed by atoms with E-state index in [0.29, 0.717) is 5.41 Å². The first-order valence-electron chi connectivity index (χ1n) is 7.44. The molecule has 0 radical (unpaired) electrons. The maximum atomic E-state index is 4.57. The van der Waals surface area contributed by atoms with Gasteiger partial charge in [-0.1, -0.05) is 19.8 Å². The smallest absolute Gasteiger partial charge is 0.0897 e. The lowest BCUT2D eigenvalue weighted by Crippen LogP contribution is -2.41. The zero-order valence-electron chi connectivity index (χ0n) is 12.5. The maximum absolute atomic E-state index is 4.57. The van der Waals surface area contributed by atoms with Crippen LogP contribution in [0.4, 0.5) is 0 Å². The highest BCUT2D eigenvalue weighted by Gasteiger charge is 2.34. The van der Waals surface area contributed by atoms with E-state index in [1.165, 1.54) is 49.5 Å². The van der Waals surface area contributed by atoms with Gasteiger partial charge in [-0.3, -0.25) is 4.90 Å². The van der Waals surface area contributed by atoms with Gasteiger partial charge < -0.3 is 5.32 Å². The number of nitrogens with zero attached hydrogens (tertiary/aromatic N) is 2. The van der Waals surface area contributed by atoms with Crippen LogP contribution in [0.25, 0.3) is 0 Å². The molecule has 0 unspecified atom stereocenters.